The number of carbonyl (C=O) groups is 1. The van der Waals surface area contributed by atoms with E-state index in [9.17, 15) is 4.79 Å². The fourth-order valence-corrected chi connectivity index (χ4v) is 3.27. The van der Waals surface area contributed by atoms with Crippen LogP contribution in [0.25, 0.3) is 6.08 Å². The summed E-state index contributed by atoms with van der Waals surface area (Å²) in [5, 5.41) is 0. The van der Waals surface area contributed by atoms with Crippen LogP contribution in [0, 0.1) is 0 Å². The molecule has 140 valence electrons. The first kappa shape index (κ1) is 18.0. The lowest BCUT2D eigenvalue weighted by atomic mass is 10.00. The maximum absolute atomic E-state index is 12.5. The Balaban J connectivity index is 1.32. The molecule has 0 radical (unpaired) electrons. The summed E-state index contributed by atoms with van der Waals surface area (Å²) in [7, 11) is 0. The SMILES string of the molecule is O=C(/C=C/c1ccc(OCc2ccccn2)cc1)N1CCc2ccccc2C1. The van der Waals surface area contributed by atoms with E-state index in [0.29, 0.717) is 13.2 Å². The van der Waals surface area contributed by atoms with Crippen LogP contribution in [-0.2, 0) is 24.4 Å². The lowest BCUT2D eigenvalue weighted by molar-refractivity contribution is -0.126. The van der Waals surface area contributed by atoms with Gasteiger partial charge in [-0.2, -0.15) is 0 Å². The fourth-order valence-electron chi connectivity index (χ4n) is 3.27. The highest BCUT2D eigenvalue weighted by Gasteiger charge is 2.18. The molecular weight excluding hydrogens is 348 g/mol. The maximum atomic E-state index is 12.5. The predicted molar refractivity (Wildman–Crippen MR) is 110 cm³/mol. The van der Waals surface area contributed by atoms with Gasteiger partial charge in [-0.05, 0) is 53.5 Å². The highest BCUT2D eigenvalue weighted by atomic mass is 16.5. The van der Waals surface area contributed by atoms with Crippen LogP contribution in [0.2, 0.25) is 0 Å². The molecule has 0 spiro atoms. The van der Waals surface area contributed by atoms with Crippen molar-refractivity contribution in [1.29, 1.82) is 0 Å². The van der Waals surface area contributed by atoms with Crippen LogP contribution < -0.4 is 4.74 Å². The Kier molecular flexibility index (Phi) is 5.48. The molecule has 4 rings (SSSR count). The number of pyridine rings is 1. The minimum atomic E-state index is 0.0463. The lowest BCUT2D eigenvalue weighted by Gasteiger charge is -2.27. The van der Waals surface area contributed by atoms with Crippen LogP contribution in [0.1, 0.15) is 22.4 Å². The monoisotopic (exact) mass is 370 g/mol. The van der Waals surface area contributed by atoms with Crippen molar-refractivity contribution in [2.75, 3.05) is 6.54 Å². The van der Waals surface area contributed by atoms with Gasteiger partial charge in [0.05, 0.1) is 5.69 Å². The summed E-state index contributed by atoms with van der Waals surface area (Å²) >= 11 is 0. The van der Waals surface area contributed by atoms with Crippen molar-refractivity contribution in [2.24, 2.45) is 0 Å². The Labute approximate surface area is 165 Å². The number of aromatic nitrogens is 1. The van der Waals surface area contributed by atoms with Crippen molar-refractivity contribution < 1.29 is 9.53 Å². The second kappa shape index (κ2) is 8.53. The van der Waals surface area contributed by atoms with E-state index in [4.69, 9.17) is 4.74 Å². The molecule has 0 N–H and O–H groups in total. The number of amides is 1. The molecule has 0 unspecified atom stereocenters. The zero-order chi connectivity index (χ0) is 19.2. The molecule has 0 bridgehead atoms. The molecule has 0 aliphatic carbocycles. The third-order valence-corrected chi connectivity index (χ3v) is 4.85. The zero-order valence-corrected chi connectivity index (χ0v) is 15.6. The molecule has 1 aliphatic heterocycles. The smallest absolute Gasteiger partial charge is 0.246 e. The summed E-state index contributed by atoms with van der Waals surface area (Å²) in [5.74, 6) is 0.826. The number of benzene rings is 2. The number of carbonyl (C=O) groups excluding carboxylic acids is 1. The summed E-state index contributed by atoms with van der Waals surface area (Å²) in [6.07, 6.45) is 6.17. The minimum Gasteiger partial charge on any atom is -0.487 e. The molecule has 0 fully saturated rings. The summed E-state index contributed by atoms with van der Waals surface area (Å²) in [6.45, 7) is 1.88. The third kappa shape index (κ3) is 4.46. The average Bonchev–Trinajstić information content (AvgIpc) is 2.77. The van der Waals surface area contributed by atoms with Crippen LogP contribution in [-0.4, -0.2) is 22.3 Å². The first-order valence-corrected chi connectivity index (χ1v) is 9.44. The second-order valence-corrected chi connectivity index (χ2v) is 6.79. The Morgan fingerprint density at radius 1 is 1.00 bits per heavy atom. The van der Waals surface area contributed by atoms with Crippen LogP contribution in [0.15, 0.2) is 79.0 Å². The van der Waals surface area contributed by atoms with Crippen molar-refractivity contribution in [1.82, 2.24) is 9.88 Å². The first-order chi connectivity index (χ1) is 13.8. The van der Waals surface area contributed by atoms with Crippen molar-refractivity contribution in [3.05, 3.63) is 101 Å². The van der Waals surface area contributed by atoms with Gasteiger partial charge >= 0.3 is 0 Å². The molecule has 0 saturated heterocycles. The topological polar surface area (TPSA) is 42.4 Å². The van der Waals surface area contributed by atoms with Crippen molar-refractivity contribution in [2.45, 2.75) is 19.6 Å². The molecule has 28 heavy (non-hydrogen) atoms. The van der Waals surface area contributed by atoms with Gasteiger partial charge < -0.3 is 9.64 Å². The van der Waals surface area contributed by atoms with E-state index in [-0.39, 0.29) is 5.91 Å². The summed E-state index contributed by atoms with van der Waals surface area (Å²) in [6, 6.07) is 21.8. The molecule has 1 amide bonds. The normalized spacial score (nSPS) is 13.4. The molecule has 1 aromatic heterocycles. The standard InChI is InChI=1S/C24H22N2O2/c27-24(26-16-14-20-5-1-2-6-21(20)17-26)13-10-19-8-11-23(12-9-19)28-18-22-7-3-4-15-25-22/h1-13,15H,14,16-18H2/b13-10+. The number of hydrogen-bond donors (Lipinski definition) is 0. The molecule has 2 aromatic carbocycles. The van der Waals surface area contributed by atoms with E-state index >= 15 is 0 Å². The molecule has 0 atom stereocenters. The van der Waals surface area contributed by atoms with Gasteiger partial charge in [0.1, 0.15) is 12.4 Å². The largest absolute Gasteiger partial charge is 0.487 e. The Morgan fingerprint density at radius 2 is 1.79 bits per heavy atom. The maximum Gasteiger partial charge on any atom is 0.246 e. The first-order valence-electron chi connectivity index (χ1n) is 9.44. The third-order valence-electron chi connectivity index (χ3n) is 4.85. The van der Waals surface area contributed by atoms with E-state index in [1.165, 1.54) is 11.1 Å². The summed E-state index contributed by atoms with van der Waals surface area (Å²) < 4.78 is 5.74. The van der Waals surface area contributed by atoms with Gasteiger partial charge in [-0.25, -0.2) is 0 Å². The number of rotatable bonds is 5. The number of ether oxygens (including phenoxy) is 1. The van der Waals surface area contributed by atoms with E-state index in [1.807, 2.05) is 59.5 Å². The van der Waals surface area contributed by atoms with Crippen LogP contribution in [0.3, 0.4) is 0 Å². The lowest BCUT2D eigenvalue weighted by Crippen LogP contribution is -2.34. The van der Waals surface area contributed by atoms with Crippen LogP contribution in [0.5, 0.6) is 5.75 Å². The molecule has 4 nitrogen and oxygen atoms in total. The molecule has 4 heteroatoms. The Hall–Kier alpha value is -3.40. The van der Waals surface area contributed by atoms with Gasteiger partial charge in [0.15, 0.2) is 0 Å². The summed E-state index contributed by atoms with van der Waals surface area (Å²) in [5.41, 5.74) is 4.44. The number of fused-ring (bicyclic) bond motifs is 1. The molecule has 3 aromatic rings. The molecule has 1 aliphatic rings. The van der Waals surface area contributed by atoms with Gasteiger partial charge in [-0.1, -0.05) is 42.5 Å². The van der Waals surface area contributed by atoms with Gasteiger partial charge in [-0.3, -0.25) is 9.78 Å². The highest BCUT2D eigenvalue weighted by molar-refractivity contribution is 5.91. The zero-order valence-electron chi connectivity index (χ0n) is 15.6. The molecule has 0 saturated carbocycles. The highest BCUT2D eigenvalue weighted by Crippen LogP contribution is 2.19. The van der Waals surface area contributed by atoms with E-state index in [0.717, 1.165) is 30.0 Å². The van der Waals surface area contributed by atoms with E-state index < -0.39 is 0 Å². The minimum absolute atomic E-state index is 0.0463. The van der Waals surface area contributed by atoms with Gasteiger partial charge in [0.2, 0.25) is 5.91 Å². The van der Waals surface area contributed by atoms with Gasteiger partial charge in [0, 0.05) is 25.4 Å². The van der Waals surface area contributed by atoms with Gasteiger partial charge in [0.25, 0.3) is 0 Å². The van der Waals surface area contributed by atoms with Crippen molar-refractivity contribution in [3.8, 4) is 5.75 Å². The molecule has 2 heterocycles. The quantitative estimate of drug-likeness (QED) is 0.630. The van der Waals surface area contributed by atoms with Crippen LogP contribution in [0.4, 0.5) is 0 Å². The van der Waals surface area contributed by atoms with Gasteiger partial charge in [-0.15, -0.1) is 0 Å². The molecular formula is C24H22N2O2. The number of nitrogens with zero attached hydrogens (tertiary/aromatic N) is 2. The number of hydrogen-bond acceptors (Lipinski definition) is 3. The van der Waals surface area contributed by atoms with Crippen molar-refractivity contribution in [3.63, 3.8) is 0 Å². The van der Waals surface area contributed by atoms with Crippen LogP contribution >= 0.6 is 0 Å². The summed E-state index contributed by atoms with van der Waals surface area (Å²) in [4.78, 5) is 18.6. The van der Waals surface area contributed by atoms with Crippen molar-refractivity contribution >= 4 is 12.0 Å². The van der Waals surface area contributed by atoms with E-state index in [2.05, 4.69) is 23.2 Å². The second-order valence-electron chi connectivity index (χ2n) is 6.79. The van der Waals surface area contributed by atoms with E-state index in [1.54, 1.807) is 12.3 Å². The Bertz CT molecular complexity index is 965. The Morgan fingerprint density at radius 3 is 2.57 bits per heavy atom. The average molecular weight is 370 g/mol. The fraction of sp³-hybridized carbons (Fsp3) is 0.167. The predicted octanol–water partition coefficient (Wildman–Crippen LogP) is 4.26.